The van der Waals surface area contributed by atoms with E-state index < -0.39 is 5.97 Å². The number of rotatable bonds is 5. The standard InChI is InChI=1S/C12H16O5/c1-7-9(15-2)5-8(6-10(13)14)12(17-4)11(7)16-3/h5H,6H2,1-4H3,(H,13,14). The van der Waals surface area contributed by atoms with E-state index in [4.69, 9.17) is 19.3 Å². The van der Waals surface area contributed by atoms with Gasteiger partial charge in [-0.25, -0.2) is 0 Å². The minimum absolute atomic E-state index is 0.143. The van der Waals surface area contributed by atoms with Crippen LogP contribution in [0.4, 0.5) is 0 Å². The zero-order chi connectivity index (χ0) is 13.0. The van der Waals surface area contributed by atoms with Crippen LogP contribution in [0.1, 0.15) is 11.1 Å². The van der Waals surface area contributed by atoms with E-state index in [-0.39, 0.29) is 6.42 Å². The molecule has 0 aliphatic heterocycles. The third-order valence-electron chi connectivity index (χ3n) is 2.48. The van der Waals surface area contributed by atoms with Crippen molar-refractivity contribution in [1.29, 1.82) is 0 Å². The predicted molar refractivity (Wildman–Crippen MR) is 62.2 cm³/mol. The molecular weight excluding hydrogens is 224 g/mol. The second kappa shape index (κ2) is 5.43. The Kier molecular flexibility index (Phi) is 4.20. The maximum atomic E-state index is 10.8. The summed E-state index contributed by atoms with van der Waals surface area (Å²) in [6, 6.07) is 1.66. The Morgan fingerprint density at radius 3 is 2.18 bits per heavy atom. The minimum atomic E-state index is -0.934. The van der Waals surface area contributed by atoms with Crippen molar-refractivity contribution in [2.45, 2.75) is 13.3 Å². The van der Waals surface area contributed by atoms with Crippen molar-refractivity contribution < 1.29 is 24.1 Å². The average molecular weight is 240 g/mol. The summed E-state index contributed by atoms with van der Waals surface area (Å²) >= 11 is 0. The van der Waals surface area contributed by atoms with Gasteiger partial charge in [0.2, 0.25) is 0 Å². The minimum Gasteiger partial charge on any atom is -0.496 e. The first-order valence-electron chi connectivity index (χ1n) is 5.05. The maximum absolute atomic E-state index is 10.8. The van der Waals surface area contributed by atoms with E-state index in [9.17, 15) is 4.79 Å². The second-order valence-corrected chi connectivity index (χ2v) is 3.50. The summed E-state index contributed by atoms with van der Waals surface area (Å²) in [5.41, 5.74) is 1.31. The lowest BCUT2D eigenvalue weighted by Crippen LogP contribution is -2.05. The topological polar surface area (TPSA) is 65.0 Å². The van der Waals surface area contributed by atoms with Gasteiger partial charge < -0.3 is 19.3 Å². The Hall–Kier alpha value is -1.91. The van der Waals surface area contributed by atoms with Gasteiger partial charge in [0.05, 0.1) is 27.8 Å². The first-order valence-corrected chi connectivity index (χ1v) is 5.05. The maximum Gasteiger partial charge on any atom is 0.307 e. The Bertz CT molecular complexity index is 425. The molecule has 0 amide bonds. The SMILES string of the molecule is COc1cc(CC(=O)O)c(OC)c(OC)c1C. The highest BCUT2D eigenvalue weighted by atomic mass is 16.5. The number of methoxy groups -OCH3 is 3. The monoisotopic (exact) mass is 240 g/mol. The van der Waals surface area contributed by atoms with E-state index in [1.807, 2.05) is 6.92 Å². The first-order chi connectivity index (χ1) is 8.04. The summed E-state index contributed by atoms with van der Waals surface area (Å²) in [6.45, 7) is 1.82. The van der Waals surface area contributed by atoms with Crippen molar-refractivity contribution in [2.24, 2.45) is 0 Å². The third kappa shape index (κ3) is 2.61. The van der Waals surface area contributed by atoms with Crippen molar-refractivity contribution in [3.05, 3.63) is 17.2 Å². The quantitative estimate of drug-likeness (QED) is 0.847. The van der Waals surface area contributed by atoms with Gasteiger partial charge in [-0.3, -0.25) is 4.79 Å². The van der Waals surface area contributed by atoms with Gasteiger partial charge in [0, 0.05) is 11.1 Å². The molecule has 5 nitrogen and oxygen atoms in total. The number of aliphatic carboxylic acids is 1. The Morgan fingerprint density at radius 1 is 1.18 bits per heavy atom. The van der Waals surface area contributed by atoms with Crippen molar-refractivity contribution >= 4 is 5.97 Å². The molecule has 17 heavy (non-hydrogen) atoms. The van der Waals surface area contributed by atoms with E-state index >= 15 is 0 Å². The van der Waals surface area contributed by atoms with Crippen LogP contribution < -0.4 is 14.2 Å². The number of carboxylic acid groups (broad SMARTS) is 1. The van der Waals surface area contributed by atoms with Gasteiger partial charge >= 0.3 is 5.97 Å². The highest BCUT2D eigenvalue weighted by Crippen LogP contribution is 2.40. The van der Waals surface area contributed by atoms with Gasteiger partial charge in [-0.1, -0.05) is 0 Å². The van der Waals surface area contributed by atoms with Crippen LogP contribution in [-0.4, -0.2) is 32.4 Å². The number of hydrogen-bond acceptors (Lipinski definition) is 4. The van der Waals surface area contributed by atoms with Crippen LogP contribution in [-0.2, 0) is 11.2 Å². The molecule has 1 N–H and O–H groups in total. The molecular formula is C12H16O5. The smallest absolute Gasteiger partial charge is 0.307 e. The molecule has 0 atom stereocenters. The molecule has 0 heterocycles. The molecule has 0 spiro atoms. The lowest BCUT2D eigenvalue weighted by molar-refractivity contribution is -0.136. The zero-order valence-corrected chi connectivity index (χ0v) is 10.4. The highest BCUT2D eigenvalue weighted by Gasteiger charge is 2.19. The predicted octanol–water partition coefficient (Wildman–Crippen LogP) is 1.65. The number of carbonyl (C=O) groups is 1. The van der Waals surface area contributed by atoms with Crippen molar-refractivity contribution in [1.82, 2.24) is 0 Å². The van der Waals surface area contributed by atoms with Gasteiger partial charge in [-0.05, 0) is 13.0 Å². The van der Waals surface area contributed by atoms with Crippen LogP contribution in [0.2, 0.25) is 0 Å². The lowest BCUT2D eigenvalue weighted by atomic mass is 10.1. The number of hydrogen-bond donors (Lipinski definition) is 1. The summed E-state index contributed by atoms with van der Waals surface area (Å²) in [7, 11) is 4.52. The third-order valence-corrected chi connectivity index (χ3v) is 2.48. The van der Waals surface area contributed by atoms with Crippen molar-refractivity contribution in [2.75, 3.05) is 21.3 Å². The molecule has 0 bridgehead atoms. The van der Waals surface area contributed by atoms with Gasteiger partial charge in [0.25, 0.3) is 0 Å². The zero-order valence-electron chi connectivity index (χ0n) is 10.4. The second-order valence-electron chi connectivity index (χ2n) is 3.50. The van der Waals surface area contributed by atoms with Gasteiger partial charge in [0.15, 0.2) is 11.5 Å². The summed E-state index contributed by atoms with van der Waals surface area (Å²) in [5.74, 6) is 0.589. The van der Waals surface area contributed by atoms with E-state index in [2.05, 4.69) is 0 Å². The molecule has 0 radical (unpaired) electrons. The van der Waals surface area contributed by atoms with Crippen LogP contribution in [0.15, 0.2) is 6.07 Å². The van der Waals surface area contributed by atoms with E-state index in [1.165, 1.54) is 21.3 Å². The summed E-state index contributed by atoms with van der Waals surface area (Å²) in [5, 5.41) is 8.85. The van der Waals surface area contributed by atoms with Crippen LogP contribution >= 0.6 is 0 Å². The van der Waals surface area contributed by atoms with Gasteiger partial charge in [-0.15, -0.1) is 0 Å². The fourth-order valence-electron chi connectivity index (χ4n) is 1.74. The van der Waals surface area contributed by atoms with Crippen molar-refractivity contribution in [3.8, 4) is 17.2 Å². The van der Waals surface area contributed by atoms with Gasteiger partial charge in [-0.2, -0.15) is 0 Å². The fourth-order valence-corrected chi connectivity index (χ4v) is 1.74. The van der Waals surface area contributed by atoms with Gasteiger partial charge in [0.1, 0.15) is 5.75 Å². The number of benzene rings is 1. The molecule has 1 aromatic rings. The summed E-state index contributed by atoms with van der Waals surface area (Å²) < 4.78 is 15.6. The molecule has 0 aliphatic carbocycles. The molecule has 0 unspecified atom stereocenters. The average Bonchev–Trinajstić information content (AvgIpc) is 2.29. The van der Waals surface area contributed by atoms with Crippen LogP contribution in [0.5, 0.6) is 17.2 Å². The number of ether oxygens (including phenoxy) is 3. The van der Waals surface area contributed by atoms with Crippen LogP contribution in [0, 0.1) is 6.92 Å². The Morgan fingerprint density at radius 2 is 1.76 bits per heavy atom. The Labute approximate surface area is 99.9 Å². The van der Waals surface area contributed by atoms with Crippen LogP contribution in [0.25, 0.3) is 0 Å². The van der Waals surface area contributed by atoms with Crippen molar-refractivity contribution in [3.63, 3.8) is 0 Å². The highest BCUT2D eigenvalue weighted by molar-refractivity contribution is 5.73. The normalized spacial score (nSPS) is 9.88. The molecule has 0 aliphatic rings. The molecule has 0 saturated heterocycles. The van der Waals surface area contributed by atoms with E-state index in [0.29, 0.717) is 22.8 Å². The molecule has 1 aromatic carbocycles. The summed E-state index contributed by atoms with van der Waals surface area (Å²) in [4.78, 5) is 10.8. The van der Waals surface area contributed by atoms with E-state index in [1.54, 1.807) is 6.07 Å². The summed E-state index contributed by atoms with van der Waals surface area (Å²) in [6.07, 6.45) is -0.143. The molecule has 0 aromatic heterocycles. The van der Waals surface area contributed by atoms with Crippen LogP contribution in [0.3, 0.4) is 0 Å². The molecule has 94 valence electrons. The Balaban J connectivity index is 3.41. The molecule has 5 heteroatoms. The molecule has 1 rings (SSSR count). The fraction of sp³-hybridized carbons (Fsp3) is 0.417. The molecule has 0 saturated carbocycles. The van der Waals surface area contributed by atoms with E-state index in [0.717, 1.165) is 5.56 Å². The lowest BCUT2D eigenvalue weighted by Gasteiger charge is -2.16. The first kappa shape index (κ1) is 13.2. The molecule has 0 fully saturated rings. The largest absolute Gasteiger partial charge is 0.496 e. The number of carboxylic acids is 1.